The molecule has 0 saturated carbocycles. The van der Waals surface area contributed by atoms with Crippen LogP contribution in [0.15, 0.2) is 42.6 Å². The molecular weight excluding hydrogens is 332 g/mol. The smallest absolute Gasteiger partial charge is 0.325 e. The molecule has 7 nitrogen and oxygen atoms in total. The largest absolute Gasteiger partial charge is 0.494 e. The molecule has 1 aliphatic heterocycles. The quantitative estimate of drug-likeness (QED) is 0.865. The maximum Gasteiger partial charge on any atom is 0.325 e. The van der Waals surface area contributed by atoms with Gasteiger partial charge in [-0.25, -0.2) is 9.78 Å². The fourth-order valence-corrected chi connectivity index (χ4v) is 2.82. The minimum atomic E-state index is -0.256. The van der Waals surface area contributed by atoms with Gasteiger partial charge in [0, 0.05) is 25.0 Å². The van der Waals surface area contributed by atoms with Crippen molar-refractivity contribution in [1.29, 1.82) is 0 Å². The molecule has 1 aromatic carbocycles. The Hall–Kier alpha value is -3.09. The summed E-state index contributed by atoms with van der Waals surface area (Å²) in [4.78, 5) is 32.2. The number of pyridine rings is 1. The van der Waals surface area contributed by atoms with Crippen LogP contribution in [0.1, 0.15) is 12.5 Å². The van der Waals surface area contributed by atoms with Crippen molar-refractivity contribution in [1.82, 2.24) is 9.88 Å². The molecule has 0 bridgehead atoms. The number of hydrogen-bond donors (Lipinski definition) is 1. The van der Waals surface area contributed by atoms with Crippen LogP contribution in [0.25, 0.3) is 0 Å². The monoisotopic (exact) mass is 354 g/mol. The van der Waals surface area contributed by atoms with Gasteiger partial charge in [-0.1, -0.05) is 6.07 Å². The maximum absolute atomic E-state index is 12.6. The summed E-state index contributed by atoms with van der Waals surface area (Å²) in [6.07, 6.45) is 1.62. The Morgan fingerprint density at radius 1 is 1.23 bits per heavy atom. The number of ether oxygens (including phenoxy) is 1. The Bertz CT molecular complexity index is 792. The maximum atomic E-state index is 12.6. The van der Waals surface area contributed by atoms with Crippen LogP contribution < -0.4 is 15.0 Å². The molecule has 3 amide bonds. The minimum Gasteiger partial charge on any atom is -0.494 e. The first-order valence-electron chi connectivity index (χ1n) is 8.59. The molecule has 1 aliphatic rings. The molecule has 136 valence electrons. The summed E-state index contributed by atoms with van der Waals surface area (Å²) in [6.45, 7) is 5.44. The normalized spacial score (nSPS) is 13.8. The number of aryl methyl sites for hydroxylation is 1. The van der Waals surface area contributed by atoms with Crippen molar-refractivity contribution >= 4 is 23.4 Å². The zero-order valence-corrected chi connectivity index (χ0v) is 14.9. The van der Waals surface area contributed by atoms with Crippen LogP contribution in [0.3, 0.4) is 0 Å². The van der Waals surface area contributed by atoms with Crippen molar-refractivity contribution in [3.8, 4) is 5.75 Å². The van der Waals surface area contributed by atoms with Crippen molar-refractivity contribution in [2.24, 2.45) is 0 Å². The number of nitrogens with one attached hydrogen (secondary N) is 1. The Balaban J connectivity index is 1.60. The van der Waals surface area contributed by atoms with E-state index in [2.05, 4.69) is 10.3 Å². The number of amides is 3. The number of nitrogens with zero attached hydrogens (tertiary/aromatic N) is 3. The Morgan fingerprint density at radius 2 is 2.00 bits per heavy atom. The number of benzene rings is 1. The molecule has 0 unspecified atom stereocenters. The van der Waals surface area contributed by atoms with Gasteiger partial charge in [-0.05, 0) is 49.7 Å². The SMILES string of the molecule is CCOc1ccc(N2CCN(CC(=O)Nc3ncccc3C)C2=O)cc1. The van der Waals surface area contributed by atoms with E-state index in [1.54, 1.807) is 11.1 Å². The zero-order chi connectivity index (χ0) is 18.5. The highest BCUT2D eigenvalue weighted by atomic mass is 16.5. The van der Waals surface area contributed by atoms with Crippen molar-refractivity contribution in [2.75, 3.05) is 36.5 Å². The summed E-state index contributed by atoms with van der Waals surface area (Å²) in [5.74, 6) is 1.03. The van der Waals surface area contributed by atoms with E-state index >= 15 is 0 Å². The minimum absolute atomic E-state index is 0.00236. The highest BCUT2D eigenvalue weighted by Crippen LogP contribution is 2.23. The molecule has 1 fully saturated rings. The summed E-state index contributed by atoms with van der Waals surface area (Å²) in [6, 6.07) is 10.9. The first-order valence-corrected chi connectivity index (χ1v) is 8.59. The zero-order valence-electron chi connectivity index (χ0n) is 14.9. The molecular formula is C19H22N4O3. The van der Waals surface area contributed by atoms with Gasteiger partial charge in [0.05, 0.1) is 6.61 Å². The highest BCUT2D eigenvalue weighted by molar-refractivity contribution is 5.99. The first-order chi connectivity index (χ1) is 12.6. The average molecular weight is 354 g/mol. The number of carbonyl (C=O) groups is 2. The molecule has 1 aromatic heterocycles. The third-order valence-corrected chi connectivity index (χ3v) is 4.16. The van der Waals surface area contributed by atoms with E-state index in [9.17, 15) is 9.59 Å². The molecule has 1 N–H and O–H groups in total. The Labute approximate surface area is 152 Å². The lowest BCUT2D eigenvalue weighted by atomic mass is 10.3. The van der Waals surface area contributed by atoms with E-state index in [1.807, 2.05) is 50.2 Å². The summed E-state index contributed by atoms with van der Waals surface area (Å²) >= 11 is 0. The van der Waals surface area contributed by atoms with Crippen LogP contribution in [0.4, 0.5) is 16.3 Å². The summed E-state index contributed by atoms with van der Waals surface area (Å²) in [5, 5.41) is 2.75. The van der Waals surface area contributed by atoms with Crippen LogP contribution in [0.2, 0.25) is 0 Å². The van der Waals surface area contributed by atoms with Crippen molar-refractivity contribution in [3.63, 3.8) is 0 Å². The second kappa shape index (κ2) is 7.86. The van der Waals surface area contributed by atoms with E-state index in [4.69, 9.17) is 4.74 Å². The number of rotatable bonds is 6. The van der Waals surface area contributed by atoms with Crippen molar-refractivity contribution in [2.45, 2.75) is 13.8 Å². The van der Waals surface area contributed by atoms with Crippen molar-refractivity contribution < 1.29 is 14.3 Å². The highest BCUT2D eigenvalue weighted by Gasteiger charge is 2.30. The predicted molar refractivity (Wildman–Crippen MR) is 99.5 cm³/mol. The van der Waals surface area contributed by atoms with E-state index < -0.39 is 0 Å². The molecule has 2 heterocycles. The number of carbonyl (C=O) groups excluding carboxylic acids is 2. The molecule has 0 aliphatic carbocycles. The molecule has 7 heteroatoms. The number of hydrogen-bond acceptors (Lipinski definition) is 4. The lowest BCUT2D eigenvalue weighted by Crippen LogP contribution is -2.37. The van der Waals surface area contributed by atoms with Crippen LogP contribution in [-0.4, -0.2) is 48.1 Å². The van der Waals surface area contributed by atoms with Crippen LogP contribution in [0, 0.1) is 6.92 Å². The predicted octanol–water partition coefficient (Wildman–Crippen LogP) is 2.67. The van der Waals surface area contributed by atoms with E-state index in [1.165, 1.54) is 4.90 Å². The van der Waals surface area contributed by atoms with Gasteiger partial charge in [-0.3, -0.25) is 9.69 Å². The van der Waals surface area contributed by atoms with Gasteiger partial charge in [0.25, 0.3) is 0 Å². The van der Waals surface area contributed by atoms with E-state index in [0.717, 1.165) is 17.0 Å². The lowest BCUT2D eigenvalue weighted by molar-refractivity contribution is -0.116. The van der Waals surface area contributed by atoms with Crippen molar-refractivity contribution in [3.05, 3.63) is 48.2 Å². The number of aromatic nitrogens is 1. The first kappa shape index (κ1) is 17.7. The Morgan fingerprint density at radius 3 is 2.69 bits per heavy atom. The molecule has 0 radical (unpaired) electrons. The summed E-state index contributed by atoms with van der Waals surface area (Å²) in [7, 11) is 0. The summed E-state index contributed by atoms with van der Waals surface area (Å²) in [5.41, 5.74) is 1.67. The average Bonchev–Trinajstić information content (AvgIpc) is 2.98. The Kier molecular flexibility index (Phi) is 5.36. The summed E-state index contributed by atoms with van der Waals surface area (Å²) < 4.78 is 5.42. The fraction of sp³-hybridized carbons (Fsp3) is 0.316. The topological polar surface area (TPSA) is 74.8 Å². The molecule has 3 rings (SSSR count). The van der Waals surface area contributed by atoms with Gasteiger partial charge in [0.1, 0.15) is 18.1 Å². The fourth-order valence-electron chi connectivity index (χ4n) is 2.82. The van der Waals surface area contributed by atoms with Crippen LogP contribution in [-0.2, 0) is 4.79 Å². The van der Waals surface area contributed by atoms with Crippen LogP contribution >= 0.6 is 0 Å². The molecule has 1 saturated heterocycles. The molecule has 26 heavy (non-hydrogen) atoms. The van der Waals surface area contributed by atoms with Gasteiger partial charge >= 0.3 is 6.03 Å². The molecule has 2 aromatic rings. The van der Waals surface area contributed by atoms with Gasteiger partial charge in [-0.15, -0.1) is 0 Å². The molecule has 0 atom stereocenters. The standard InChI is InChI=1S/C19H22N4O3/c1-3-26-16-8-6-15(7-9-16)23-12-11-22(19(23)25)13-17(24)21-18-14(2)5-4-10-20-18/h4-10H,3,11-13H2,1-2H3,(H,20,21,24). The lowest BCUT2D eigenvalue weighted by Gasteiger charge is -2.19. The van der Waals surface area contributed by atoms with E-state index in [0.29, 0.717) is 25.5 Å². The third kappa shape index (κ3) is 3.93. The number of anilines is 2. The third-order valence-electron chi connectivity index (χ3n) is 4.16. The van der Waals surface area contributed by atoms with Gasteiger partial charge in [0.2, 0.25) is 5.91 Å². The second-order valence-corrected chi connectivity index (χ2v) is 6.00. The van der Waals surface area contributed by atoms with E-state index in [-0.39, 0.29) is 18.5 Å². The number of urea groups is 1. The molecule has 0 spiro atoms. The van der Waals surface area contributed by atoms with Gasteiger partial charge in [-0.2, -0.15) is 0 Å². The van der Waals surface area contributed by atoms with Crippen LogP contribution in [0.5, 0.6) is 5.75 Å². The van der Waals surface area contributed by atoms with Gasteiger partial charge in [0.15, 0.2) is 0 Å². The van der Waals surface area contributed by atoms with Gasteiger partial charge < -0.3 is 15.0 Å². The second-order valence-electron chi connectivity index (χ2n) is 6.00.